The Kier molecular flexibility index (Phi) is 5.10. The molecule has 0 unspecified atom stereocenters. The minimum absolute atomic E-state index is 0.205. The third-order valence-corrected chi connectivity index (χ3v) is 3.88. The van der Waals surface area contributed by atoms with Gasteiger partial charge in [-0.05, 0) is 30.2 Å². The number of para-hydroxylation sites is 1. The van der Waals surface area contributed by atoms with Crippen molar-refractivity contribution in [3.8, 4) is 0 Å². The fourth-order valence-corrected chi connectivity index (χ4v) is 2.52. The fraction of sp³-hybridized carbons (Fsp3) is 0.188. The van der Waals surface area contributed by atoms with Crippen LogP contribution in [0, 0.1) is 0 Å². The maximum Gasteiger partial charge on any atom is 0.257 e. The standard InChI is InChI=1S/C16H16Cl2N2O/c1-2-5-10-6-3-4-7-14(10)20-16(21)12-8-11(19)9-13(17)15(12)18/h3-4,6-9H,2,5,19H2,1H3,(H,20,21). The van der Waals surface area contributed by atoms with Crippen molar-refractivity contribution in [1.82, 2.24) is 0 Å². The Morgan fingerprint density at radius 1 is 1.24 bits per heavy atom. The van der Waals surface area contributed by atoms with Gasteiger partial charge in [-0.3, -0.25) is 4.79 Å². The van der Waals surface area contributed by atoms with Crippen LogP contribution in [0.3, 0.4) is 0 Å². The van der Waals surface area contributed by atoms with Crippen molar-refractivity contribution in [3.05, 3.63) is 57.6 Å². The molecule has 2 aromatic rings. The van der Waals surface area contributed by atoms with Crippen molar-refractivity contribution < 1.29 is 4.79 Å². The van der Waals surface area contributed by atoms with Gasteiger partial charge >= 0.3 is 0 Å². The van der Waals surface area contributed by atoms with Gasteiger partial charge in [-0.15, -0.1) is 0 Å². The van der Waals surface area contributed by atoms with E-state index < -0.39 is 0 Å². The van der Waals surface area contributed by atoms with Crippen LogP contribution in [0.15, 0.2) is 36.4 Å². The molecule has 0 aromatic heterocycles. The summed E-state index contributed by atoms with van der Waals surface area (Å²) in [5.74, 6) is -0.322. The van der Waals surface area contributed by atoms with E-state index in [0.29, 0.717) is 5.69 Å². The monoisotopic (exact) mass is 322 g/mol. The summed E-state index contributed by atoms with van der Waals surface area (Å²) in [6.07, 6.45) is 1.89. The Bertz CT molecular complexity index is 671. The summed E-state index contributed by atoms with van der Waals surface area (Å²) < 4.78 is 0. The van der Waals surface area contributed by atoms with Crippen LogP contribution in [0.5, 0.6) is 0 Å². The second-order valence-corrected chi connectivity index (χ2v) is 5.51. The second kappa shape index (κ2) is 6.83. The molecule has 0 radical (unpaired) electrons. The van der Waals surface area contributed by atoms with Gasteiger partial charge in [0.25, 0.3) is 5.91 Å². The minimum atomic E-state index is -0.322. The minimum Gasteiger partial charge on any atom is -0.399 e. The summed E-state index contributed by atoms with van der Waals surface area (Å²) in [6.45, 7) is 2.09. The molecule has 2 rings (SSSR count). The molecule has 0 atom stereocenters. The van der Waals surface area contributed by atoms with Gasteiger partial charge in [0.05, 0.1) is 15.6 Å². The lowest BCUT2D eigenvalue weighted by molar-refractivity contribution is 0.102. The van der Waals surface area contributed by atoms with Gasteiger partial charge in [0.2, 0.25) is 0 Å². The first kappa shape index (κ1) is 15.7. The number of hydrogen-bond acceptors (Lipinski definition) is 2. The van der Waals surface area contributed by atoms with E-state index in [9.17, 15) is 4.79 Å². The van der Waals surface area contributed by atoms with Gasteiger partial charge in [0.1, 0.15) is 0 Å². The van der Waals surface area contributed by atoms with Crippen LogP contribution in [-0.4, -0.2) is 5.91 Å². The molecule has 5 heteroatoms. The highest BCUT2D eigenvalue weighted by atomic mass is 35.5. The molecule has 0 saturated carbocycles. The molecule has 0 fully saturated rings. The molecule has 0 saturated heterocycles. The van der Waals surface area contributed by atoms with Crippen LogP contribution in [-0.2, 0) is 6.42 Å². The number of nitrogens with two attached hydrogens (primary N) is 1. The lowest BCUT2D eigenvalue weighted by Crippen LogP contribution is -2.14. The van der Waals surface area contributed by atoms with E-state index in [-0.39, 0.29) is 21.5 Å². The molecule has 0 aliphatic heterocycles. The molecule has 0 aliphatic carbocycles. The first-order valence-corrected chi connectivity index (χ1v) is 7.42. The Morgan fingerprint density at radius 2 is 1.95 bits per heavy atom. The average molecular weight is 323 g/mol. The molecule has 110 valence electrons. The highest BCUT2D eigenvalue weighted by Gasteiger charge is 2.15. The number of carbonyl (C=O) groups excluding carboxylic acids is 1. The van der Waals surface area contributed by atoms with Crippen LogP contribution in [0.25, 0.3) is 0 Å². The summed E-state index contributed by atoms with van der Waals surface area (Å²) in [5, 5.41) is 3.34. The molecule has 0 heterocycles. The van der Waals surface area contributed by atoms with Crippen LogP contribution in [0.4, 0.5) is 11.4 Å². The third-order valence-electron chi connectivity index (χ3n) is 3.08. The fourth-order valence-electron chi connectivity index (χ4n) is 2.09. The number of carbonyl (C=O) groups is 1. The number of hydrogen-bond donors (Lipinski definition) is 2. The van der Waals surface area contributed by atoms with Crippen molar-refractivity contribution in [1.29, 1.82) is 0 Å². The van der Waals surface area contributed by atoms with Gasteiger partial charge in [0, 0.05) is 11.4 Å². The van der Waals surface area contributed by atoms with Gasteiger partial charge in [-0.2, -0.15) is 0 Å². The van der Waals surface area contributed by atoms with Crippen LogP contribution in [0.1, 0.15) is 29.3 Å². The molecule has 3 nitrogen and oxygen atoms in total. The quantitative estimate of drug-likeness (QED) is 0.796. The van der Waals surface area contributed by atoms with E-state index in [1.54, 1.807) is 0 Å². The highest BCUT2D eigenvalue weighted by molar-refractivity contribution is 6.44. The zero-order valence-corrected chi connectivity index (χ0v) is 13.1. The molecular formula is C16H16Cl2N2O. The third kappa shape index (κ3) is 3.69. The zero-order valence-electron chi connectivity index (χ0n) is 11.6. The van der Waals surface area contributed by atoms with E-state index >= 15 is 0 Å². The number of benzene rings is 2. The van der Waals surface area contributed by atoms with Gasteiger partial charge in [-0.25, -0.2) is 0 Å². The Balaban J connectivity index is 2.31. The molecule has 0 aliphatic rings. The van der Waals surface area contributed by atoms with Crippen molar-refractivity contribution in [2.45, 2.75) is 19.8 Å². The Morgan fingerprint density at radius 3 is 2.67 bits per heavy atom. The Labute approximate surface area is 134 Å². The zero-order chi connectivity index (χ0) is 15.4. The van der Waals surface area contributed by atoms with E-state index in [4.69, 9.17) is 28.9 Å². The van der Waals surface area contributed by atoms with Gasteiger partial charge < -0.3 is 11.1 Å². The second-order valence-electron chi connectivity index (χ2n) is 4.73. The van der Waals surface area contributed by atoms with Crippen molar-refractivity contribution in [2.24, 2.45) is 0 Å². The topological polar surface area (TPSA) is 55.1 Å². The molecule has 2 aromatic carbocycles. The van der Waals surface area contributed by atoms with E-state index in [1.807, 2.05) is 24.3 Å². The summed E-state index contributed by atoms with van der Waals surface area (Å²) in [5.41, 5.74) is 8.24. The van der Waals surface area contributed by atoms with E-state index in [1.165, 1.54) is 12.1 Å². The maximum atomic E-state index is 12.4. The molecule has 1 amide bonds. The average Bonchev–Trinajstić information content (AvgIpc) is 2.45. The van der Waals surface area contributed by atoms with E-state index in [2.05, 4.69) is 12.2 Å². The molecule has 3 N–H and O–H groups in total. The predicted molar refractivity (Wildman–Crippen MR) is 89.3 cm³/mol. The summed E-state index contributed by atoms with van der Waals surface area (Å²) in [4.78, 5) is 12.4. The summed E-state index contributed by atoms with van der Waals surface area (Å²) in [6, 6.07) is 10.7. The van der Waals surface area contributed by atoms with Crippen LogP contribution in [0.2, 0.25) is 10.0 Å². The number of amides is 1. The molecule has 0 bridgehead atoms. The number of aryl methyl sites for hydroxylation is 1. The SMILES string of the molecule is CCCc1ccccc1NC(=O)c1cc(N)cc(Cl)c1Cl. The largest absolute Gasteiger partial charge is 0.399 e. The maximum absolute atomic E-state index is 12.4. The van der Waals surface area contributed by atoms with Crippen molar-refractivity contribution >= 4 is 40.5 Å². The predicted octanol–water partition coefficient (Wildman–Crippen LogP) is 4.78. The first-order chi connectivity index (χ1) is 10.0. The van der Waals surface area contributed by atoms with Crippen LogP contribution >= 0.6 is 23.2 Å². The van der Waals surface area contributed by atoms with Gasteiger partial charge in [-0.1, -0.05) is 54.7 Å². The lowest BCUT2D eigenvalue weighted by Gasteiger charge is -2.12. The lowest BCUT2D eigenvalue weighted by atomic mass is 10.1. The molecule has 0 spiro atoms. The van der Waals surface area contributed by atoms with Crippen LogP contribution < -0.4 is 11.1 Å². The number of rotatable bonds is 4. The molecular weight excluding hydrogens is 307 g/mol. The van der Waals surface area contributed by atoms with Gasteiger partial charge in [0.15, 0.2) is 0 Å². The summed E-state index contributed by atoms with van der Waals surface area (Å²) >= 11 is 12.0. The number of nitrogens with one attached hydrogen (secondary N) is 1. The van der Waals surface area contributed by atoms with E-state index in [0.717, 1.165) is 24.1 Å². The Hall–Kier alpha value is -1.71. The normalized spacial score (nSPS) is 10.4. The number of anilines is 2. The first-order valence-electron chi connectivity index (χ1n) is 6.66. The number of halogens is 2. The summed E-state index contributed by atoms with van der Waals surface area (Å²) in [7, 11) is 0. The van der Waals surface area contributed by atoms with Crippen molar-refractivity contribution in [3.63, 3.8) is 0 Å². The van der Waals surface area contributed by atoms with Crippen molar-refractivity contribution in [2.75, 3.05) is 11.1 Å². The number of nitrogen functional groups attached to an aromatic ring is 1. The molecule has 21 heavy (non-hydrogen) atoms. The highest BCUT2D eigenvalue weighted by Crippen LogP contribution is 2.29. The smallest absolute Gasteiger partial charge is 0.257 e.